The summed E-state index contributed by atoms with van der Waals surface area (Å²) in [7, 11) is 0. The number of carbonyl (C=O) groups excluding carboxylic acids is 1. The van der Waals surface area contributed by atoms with E-state index in [0.717, 1.165) is 24.8 Å². The third-order valence-electron chi connectivity index (χ3n) is 6.03. The van der Waals surface area contributed by atoms with Crippen LogP contribution in [0.3, 0.4) is 0 Å². The molecule has 1 aliphatic rings. The van der Waals surface area contributed by atoms with E-state index in [2.05, 4.69) is 10.4 Å². The quantitative estimate of drug-likeness (QED) is 0.376. The Labute approximate surface area is 214 Å². The Morgan fingerprint density at radius 3 is 2.47 bits per heavy atom. The molecule has 1 fully saturated rings. The number of ether oxygens (including phenoxy) is 1. The summed E-state index contributed by atoms with van der Waals surface area (Å²) in [4.78, 5) is 14.4. The number of alkyl halides is 6. The maximum Gasteiger partial charge on any atom is 0.422 e. The van der Waals surface area contributed by atoms with Crippen molar-refractivity contribution in [2.45, 2.75) is 31.7 Å². The van der Waals surface area contributed by atoms with E-state index >= 15 is 0 Å². The number of nitrogens with zero attached hydrogens (tertiary/aromatic N) is 3. The number of aromatic nitrogens is 2. The fourth-order valence-electron chi connectivity index (χ4n) is 4.38. The Morgan fingerprint density at radius 1 is 1.08 bits per heavy atom. The molecule has 0 unspecified atom stereocenters. The zero-order chi connectivity index (χ0) is 27.5. The van der Waals surface area contributed by atoms with Crippen LogP contribution in [0.2, 0.25) is 0 Å². The molecule has 2 heterocycles. The van der Waals surface area contributed by atoms with Crippen LogP contribution >= 0.6 is 0 Å². The van der Waals surface area contributed by atoms with Crippen LogP contribution in [0.1, 0.15) is 28.9 Å². The predicted molar refractivity (Wildman–Crippen MR) is 128 cm³/mol. The molecule has 0 bridgehead atoms. The Balaban J connectivity index is 1.76. The van der Waals surface area contributed by atoms with Gasteiger partial charge in [-0.1, -0.05) is 18.2 Å². The Morgan fingerprint density at radius 2 is 1.82 bits per heavy atom. The van der Waals surface area contributed by atoms with Crippen LogP contribution in [0.15, 0.2) is 54.7 Å². The lowest BCUT2D eigenvalue weighted by atomic mass is 9.96. The highest BCUT2D eigenvalue weighted by atomic mass is 19.4. The van der Waals surface area contributed by atoms with E-state index in [1.54, 1.807) is 18.2 Å². The lowest BCUT2D eigenvalue weighted by Crippen LogP contribution is -2.40. The summed E-state index contributed by atoms with van der Waals surface area (Å²) >= 11 is 0. The van der Waals surface area contributed by atoms with Crippen molar-refractivity contribution in [2.24, 2.45) is 11.7 Å². The van der Waals surface area contributed by atoms with Gasteiger partial charge in [-0.05, 0) is 55.6 Å². The SMILES string of the molecule is NC[C@@H]1CCCN(c2c(NC(=O)c3ccn(CC(F)(F)F)n3)ccc(Oc3ccccc3)c2C(F)(F)F)C1. The van der Waals surface area contributed by atoms with Gasteiger partial charge in [-0.25, -0.2) is 0 Å². The van der Waals surface area contributed by atoms with Crippen LogP contribution in [0, 0.1) is 5.92 Å². The van der Waals surface area contributed by atoms with E-state index in [4.69, 9.17) is 10.5 Å². The molecule has 1 saturated heterocycles. The summed E-state index contributed by atoms with van der Waals surface area (Å²) < 4.78 is 87.9. The molecule has 7 nitrogen and oxygen atoms in total. The van der Waals surface area contributed by atoms with E-state index in [9.17, 15) is 31.1 Å². The molecule has 1 aliphatic heterocycles. The molecule has 0 saturated carbocycles. The second-order valence-corrected chi connectivity index (χ2v) is 8.91. The van der Waals surface area contributed by atoms with Crippen molar-refractivity contribution in [3.05, 3.63) is 66.0 Å². The lowest BCUT2D eigenvalue weighted by Gasteiger charge is -2.37. The molecule has 4 rings (SSSR count). The molecule has 1 aromatic heterocycles. The van der Waals surface area contributed by atoms with Crippen molar-refractivity contribution < 1.29 is 35.9 Å². The van der Waals surface area contributed by atoms with Crippen LogP contribution in [-0.2, 0) is 12.7 Å². The lowest BCUT2D eigenvalue weighted by molar-refractivity contribution is -0.142. The van der Waals surface area contributed by atoms with Crippen molar-refractivity contribution in [1.29, 1.82) is 0 Å². The highest BCUT2D eigenvalue weighted by molar-refractivity contribution is 6.05. The topological polar surface area (TPSA) is 85.4 Å². The molecule has 2 aromatic carbocycles. The molecule has 38 heavy (non-hydrogen) atoms. The number of piperidine rings is 1. The molecule has 0 radical (unpaired) electrons. The number of nitrogens with two attached hydrogens (primary N) is 1. The van der Waals surface area contributed by atoms with Gasteiger partial charge in [-0.15, -0.1) is 0 Å². The number of amides is 1. The smallest absolute Gasteiger partial charge is 0.422 e. The minimum Gasteiger partial charge on any atom is -0.457 e. The summed E-state index contributed by atoms with van der Waals surface area (Å²) in [6.45, 7) is -0.644. The first kappa shape index (κ1) is 27.3. The molecule has 3 N–H and O–H groups in total. The van der Waals surface area contributed by atoms with Crippen LogP contribution < -0.4 is 20.7 Å². The standard InChI is InChI=1S/C25H25F6N5O2/c26-24(27,28)15-36-12-10-19(34-36)23(37)33-18-8-9-20(38-17-6-2-1-3-7-17)21(25(29,30)31)22(18)35-11-4-5-16(13-32)14-35/h1-3,6-10,12,16H,4-5,11,13-15,32H2,(H,33,37)/t16-/m0/s1. The van der Waals surface area contributed by atoms with Crippen LogP contribution in [0.5, 0.6) is 11.5 Å². The molecule has 204 valence electrons. The highest BCUT2D eigenvalue weighted by Gasteiger charge is 2.41. The number of halogens is 6. The average Bonchev–Trinajstić information content (AvgIpc) is 3.31. The first-order chi connectivity index (χ1) is 17.9. The Hall–Kier alpha value is -3.74. The van der Waals surface area contributed by atoms with E-state index < -0.39 is 36.1 Å². The van der Waals surface area contributed by atoms with Crippen molar-refractivity contribution in [3.8, 4) is 11.5 Å². The second kappa shape index (κ2) is 10.9. The minimum absolute atomic E-state index is 0.0647. The summed E-state index contributed by atoms with van der Waals surface area (Å²) in [5, 5.41) is 6.02. The van der Waals surface area contributed by atoms with Gasteiger partial charge in [0.15, 0.2) is 5.69 Å². The van der Waals surface area contributed by atoms with Gasteiger partial charge >= 0.3 is 12.4 Å². The summed E-state index contributed by atoms with van der Waals surface area (Å²) in [5.41, 5.74) is 3.87. The fourth-order valence-corrected chi connectivity index (χ4v) is 4.38. The normalized spacial score (nSPS) is 16.4. The number of rotatable bonds is 7. The zero-order valence-corrected chi connectivity index (χ0v) is 20.0. The molecule has 0 spiro atoms. The van der Waals surface area contributed by atoms with Gasteiger partial charge in [0.1, 0.15) is 23.6 Å². The van der Waals surface area contributed by atoms with Gasteiger partial charge < -0.3 is 20.7 Å². The predicted octanol–water partition coefficient (Wildman–Crippen LogP) is 5.68. The molecule has 1 atom stereocenters. The molecular formula is C25H25F6N5O2. The minimum atomic E-state index is -4.87. The zero-order valence-electron chi connectivity index (χ0n) is 20.0. The first-order valence-electron chi connectivity index (χ1n) is 11.8. The number of anilines is 2. The first-order valence-corrected chi connectivity index (χ1v) is 11.8. The summed E-state index contributed by atoms with van der Waals surface area (Å²) in [5.74, 6) is -1.29. The largest absolute Gasteiger partial charge is 0.457 e. The molecule has 13 heteroatoms. The molecule has 0 aliphatic carbocycles. The number of benzene rings is 2. The van der Waals surface area contributed by atoms with Crippen molar-refractivity contribution in [3.63, 3.8) is 0 Å². The van der Waals surface area contributed by atoms with E-state index in [0.29, 0.717) is 11.1 Å². The van der Waals surface area contributed by atoms with Gasteiger partial charge in [-0.2, -0.15) is 31.4 Å². The number of hydrogen-bond donors (Lipinski definition) is 2. The Bertz CT molecular complexity index is 1260. The van der Waals surface area contributed by atoms with Crippen molar-refractivity contribution in [2.75, 3.05) is 29.9 Å². The van der Waals surface area contributed by atoms with E-state index in [-0.39, 0.29) is 48.4 Å². The van der Waals surface area contributed by atoms with Crippen molar-refractivity contribution >= 4 is 17.3 Å². The van der Waals surface area contributed by atoms with E-state index in [1.165, 1.54) is 23.1 Å². The monoisotopic (exact) mass is 541 g/mol. The maximum atomic E-state index is 14.6. The summed E-state index contributed by atoms with van der Waals surface area (Å²) in [6.07, 6.45) is -7.14. The van der Waals surface area contributed by atoms with Gasteiger partial charge in [0.25, 0.3) is 5.91 Å². The molecular weight excluding hydrogens is 516 g/mol. The third kappa shape index (κ3) is 6.57. The van der Waals surface area contributed by atoms with Gasteiger partial charge in [-0.3, -0.25) is 9.48 Å². The van der Waals surface area contributed by atoms with Gasteiger partial charge in [0, 0.05) is 19.3 Å². The Kier molecular flexibility index (Phi) is 7.86. The van der Waals surface area contributed by atoms with Crippen molar-refractivity contribution in [1.82, 2.24) is 9.78 Å². The van der Waals surface area contributed by atoms with E-state index in [1.807, 2.05) is 0 Å². The van der Waals surface area contributed by atoms with Crippen LogP contribution in [0.25, 0.3) is 0 Å². The average molecular weight is 541 g/mol. The number of nitrogens with one attached hydrogen (secondary N) is 1. The molecule has 3 aromatic rings. The van der Waals surface area contributed by atoms with Gasteiger partial charge in [0.05, 0.1) is 11.4 Å². The van der Waals surface area contributed by atoms with Crippen LogP contribution in [0.4, 0.5) is 37.7 Å². The second-order valence-electron chi connectivity index (χ2n) is 8.91. The van der Waals surface area contributed by atoms with Crippen LogP contribution in [-0.4, -0.2) is 41.5 Å². The number of para-hydroxylation sites is 1. The third-order valence-corrected chi connectivity index (χ3v) is 6.03. The maximum absolute atomic E-state index is 14.6. The fraction of sp³-hybridized carbons (Fsp3) is 0.360. The molecule has 1 amide bonds. The van der Waals surface area contributed by atoms with Gasteiger partial charge in [0.2, 0.25) is 0 Å². The highest BCUT2D eigenvalue weighted by Crippen LogP contribution is 2.48. The number of carbonyl (C=O) groups is 1. The number of hydrogen-bond acceptors (Lipinski definition) is 5. The summed E-state index contributed by atoms with van der Waals surface area (Å²) in [6, 6.07) is 11.4.